The molecule has 2 aliphatic carbocycles. The minimum Gasteiger partial charge on any atom is -0.493 e. The Morgan fingerprint density at radius 3 is 1.09 bits per heavy atom. The Bertz CT molecular complexity index is 2580. The lowest BCUT2D eigenvalue weighted by atomic mass is 9.82. The van der Waals surface area contributed by atoms with Crippen molar-refractivity contribution in [3.05, 3.63) is 189 Å². The van der Waals surface area contributed by atoms with Gasteiger partial charge in [0.15, 0.2) is 23.1 Å². The number of hydrogen-bond acceptors (Lipinski definition) is 8. The maximum atomic E-state index is 13.9. The van der Waals surface area contributed by atoms with E-state index in [9.17, 15) is 39.0 Å². The number of amides is 2. The fourth-order valence-corrected chi connectivity index (χ4v) is 6.73. The number of aliphatic imine (C=N–C) groups is 2. The molecule has 0 aliphatic heterocycles. The molecule has 6 aromatic rings. The minimum absolute atomic E-state index is 0.0146. The molecule has 0 saturated carbocycles. The molecule has 0 saturated heterocycles. The number of nitrogens with one attached hydrogen (secondary N) is 2. The summed E-state index contributed by atoms with van der Waals surface area (Å²) in [6.45, 7) is 0. The number of aliphatic hydroxyl groups excluding tert-OH is 2. The summed E-state index contributed by atoms with van der Waals surface area (Å²) in [5.74, 6) is -5.58. The SMILES string of the molecule is O=C(Nc1cccc2c1C(=O)c1cccc(N=C(O)c3ccccc3)c1C2=O)C(=O)Nc1cccc2c1C(=O)c1cccc(N=C(O)c3ccccc3)c1C2=O. The molecule has 0 heterocycles. The van der Waals surface area contributed by atoms with Gasteiger partial charge in [-0.15, -0.1) is 0 Å². The van der Waals surface area contributed by atoms with Crippen LogP contribution in [0, 0.1) is 0 Å². The van der Waals surface area contributed by atoms with E-state index in [1.54, 1.807) is 60.7 Å². The Kier molecular flexibility index (Phi) is 8.75. The molecule has 0 atom stereocenters. The number of rotatable bonds is 6. The van der Waals surface area contributed by atoms with Gasteiger partial charge < -0.3 is 20.8 Å². The van der Waals surface area contributed by atoms with Crippen LogP contribution in [0.5, 0.6) is 0 Å². The molecular weight excluding hydrogens is 713 g/mol. The lowest BCUT2D eigenvalue weighted by Gasteiger charge is -2.22. The highest BCUT2D eigenvalue weighted by Crippen LogP contribution is 2.38. The zero-order chi connectivity index (χ0) is 39.1. The third kappa shape index (κ3) is 6.02. The second kappa shape index (κ2) is 14.0. The van der Waals surface area contributed by atoms with Crippen molar-refractivity contribution >= 4 is 69.5 Å². The first-order valence-corrected chi connectivity index (χ1v) is 17.1. The molecule has 8 rings (SSSR count). The number of carbonyl (C=O) groups excluding carboxylic acids is 6. The summed E-state index contributed by atoms with van der Waals surface area (Å²) < 4.78 is 0. The van der Waals surface area contributed by atoms with Gasteiger partial charge in [0, 0.05) is 33.4 Å². The number of aliphatic hydroxyl groups is 2. The van der Waals surface area contributed by atoms with Gasteiger partial charge in [0.05, 0.1) is 45.0 Å². The van der Waals surface area contributed by atoms with E-state index in [0.29, 0.717) is 11.1 Å². The van der Waals surface area contributed by atoms with Crippen molar-refractivity contribution in [1.29, 1.82) is 0 Å². The molecule has 0 bridgehead atoms. The maximum absolute atomic E-state index is 13.9. The number of fused-ring (bicyclic) bond motifs is 4. The lowest BCUT2D eigenvalue weighted by molar-refractivity contribution is -0.133. The van der Waals surface area contributed by atoms with E-state index in [-0.39, 0.29) is 79.1 Å². The number of carbonyl (C=O) groups is 6. The molecule has 56 heavy (non-hydrogen) atoms. The van der Waals surface area contributed by atoms with Crippen LogP contribution in [0.4, 0.5) is 22.7 Å². The van der Waals surface area contributed by atoms with Crippen molar-refractivity contribution in [3.63, 3.8) is 0 Å². The number of benzene rings is 6. The molecular formula is C44H26N4O8. The molecule has 0 aromatic heterocycles. The van der Waals surface area contributed by atoms with Crippen molar-refractivity contribution in [2.45, 2.75) is 0 Å². The maximum Gasteiger partial charge on any atom is 0.314 e. The number of anilines is 2. The van der Waals surface area contributed by atoms with Gasteiger partial charge in [-0.1, -0.05) is 84.9 Å². The summed E-state index contributed by atoms with van der Waals surface area (Å²) >= 11 is 0. The normalized spacial score (nSPS) is 13.3. The van der Waals surface area contributed by atoms with Gasteiger partial charge in [0.25, 0.3) is 0 Å². The van der Waals surface area contributed by atoms with Gasteiger partial charge in [-0.25, -0.2) is 9.98 Å². The van der Waals surface area contributed by atoms with Crippen molar-refractivity contribution < 1.29 is 39.0 Å². The zero-order valence-electron chi connectivity index (χ0n) is 28.9. The van der Waals surface area contributed by atoms with Crippen molar-refractivity contribution in [2.75, 3.05) is 10.6 Å². The summed E-state index contributed by atoms with van der Waals surface area (Å²) in [6.07, 6.45) is 0. The Morgan fingerprint density at radius 1 is 0.393 bits per heavy atom. The van der Waals surface area contributed by atoms with E-state index in [1.807, 2.05) is 0 Å². The van der Waals surface area contributed by atoms with Crippen molar-refractivity contribution in [3.8, 4) is 0 Å². The lowest BCUT2D eigenvalue weighted by Crippen LogP contribution is -2.32. The van der Waals surface area contributed by atoms with E-state index >= 15 is 0 Å². The average Bonchev–Trinajstić information content (AvgIpc) is 3.22. The van der Waals surface area contributed by atoms with Gasteiger partial charge in [-0.3, -0.25) is 28.8 Å². The first-order chi connectivity index (χ1) is 27.1. The van der Waals surface area contributed by atoms with Gasteiger partial charge in [-0.2, -0.15) is 0 Å². The van der Waals surface area contributed by atoms with Crippen LogP contribution in [0.1, 0.15) is 74.8 Å². The third-order valence-electron chi connectivity index (χ3n) is 9.32. The first-order valence-electron chi connectivity index (χ1n) is 17.1. The molecule has 0 unspecified atom stereocenters. The topological polar surface area (TPSA) is 192 Å². The Morgan fingerprint density at radius 2 is 0.714 bits per heavy atom. The predicted molar refractivity (Wildman–Crippen MR) is 207 cm³/mol. The fourth-order valence-electron chi connectivity index (χ4n) is 6.73. The van der Waals surface area contributed by atoms with Crippen LogP contribution in [0.2, 0.25) is 0 Å². The minimum atomic E-state index is -1.23. The Hall–Kier alpha value is -8.12. The second-order valence-corrected chi connectivity index (χ2v) is 12.7. The third-order valence-corrected chi connectivity index (χ3v) is 9.32. The van der Waals surface area contributed by atoms with Crippen LogP contribution < -0.4 is 10.6 Å². The van der Waals surface area contributed by atoms with E-state index in [1.165, 1.54) is 72.8 Å². The Labute approximate surface area is 317 Å². The van der Waals surface area contributed by atoms with E-state index in [0.717, 1.165) is 0 Å². The quantitative estimate of drug-likeness (QED) is 0.0789. The van der Waals surface area contributed by atoms with Crippen LogP contribution >= 0.6 is 0 Å². The highest BCUT2D eigenvalue weighted by atomic mass is 16.3. The van der Waals surface area contributed by atoms with Crippen molar-refractivity contribution in [2.24, 2.45) is 9.98 Å². The van der Waals surface area contributed by atoms with Gasteiger partial charge in [0.2, 0.25) is 11.8 Å². The van der Waals surface area contributed by atoms with Crippen LogP contribution in [-0.4, -0.2) is 57.0 Å². The smallest absolute Gasteiger partial charge is 0.314 e. The molecule has 2 amide bonds. The number of ketones is 4. The molecule has 0 spiro atoms. The molecule has 12 heteroatoms. The van der Waals surface area contributed by atoms with Gasteiger partial charge in [-0.05, 0) is 48.5 Å². The van der Waals surface area contributed by atoms with Crippen LogP contribution in [-0.2, 0) is 9.59 Å². The largest absolute Gasteiger partial charge is 0.493 e. The average molecular weight is 739 g/mol. The molecule has 6 aromatic carbocycles. The summed E-state index contributed by atoms with van der Waals surface area (Å²) in [6, 6.07) is 34.2. The molecule has 270 valence electrons. The molecule has 0 radical (unpaired) electrons. The second-order valence-electron chi connectivity index (χ2n) is 12.7. The van der Waals surface area contributed by atoms with Gasteiger partial charge >= 0.3 is 11.8 Å². The summed E-state index contributed by atoms with van der Waals surface area (Å²) in [5.41, 5.74) is 0.215. The van der Waals surface area contributed by atoms with Crippen LogP contribution in [0.25, 0.3) is 0 Å². The predicted octanol–water partition coefficient (Wildman–Crippen LogP) is 7.09. The highest BCUT2D eigenvalue weighted by Gasteiger charge is 2.36. The first kappa shape index (κ1) is 34.9. The zero-order valence-corrected chi connectivity index (χ0v) is 28.9. The molecule has 12 nitrogen and oxygen atoms in total. The van der Waals surface area contributed by atoms with Crippen LogP contribution in [0.15, 0.2) is 143 Å². The molecule has 4 N–H and O–H groups in total. The molecule has 0 fully saturated rings. The summed E-state index contributed by atoms with van der Waals surface area (Å²) in [7, 11) is 0. The van der Waals surface area contributed by atoms with E-state index in [4.69, 9.17) is 0 Å². The fraction of sp³-hybridized carbons (Fsp3) is 0. The monoisotopic (exact) mass is 738 g/mol. The van der Waals surface area contributed by atoms with E-state index < -0.39 is 34.9 Å². The van der Waals surface area contributed by atoms with Gasteiger partial charge in [0.1, 0.15) is 0 Å². The number of nitrogens with zero attached hydrogens (tertiary/aromatic N) is 2. The summed E-state index contributed by atoms with van der Waals surface area (Å²) in [5, 5.41) is 26.1. The van der Waals surface area contributed by atoms with Crippen molar-refractivity contribution in [1.82, 2.24) is 0 Å². The standard InChI is InChI=1S/C44H26N4O8/c49-37-27-17-9-21-31(35(27)39(51)25-15-7-19-29(33(25)37)45-41(53)23-11-3-1-4-12-23)47-43(55)44(56)48-32-22-10-18-28-36(32)40(52)26-16-8-20-30(34(26)38(28)50)46-42(54)24-13-5-2-6-14-24/h1-22H,(H,45,53)(H,46,54)(H,47,55)(H,48,56). The Balaban J connectivity index is 1.06. The highest BCUT2D eigenvalue weighted by molar-refractivity contribution is 6.45. The van der Waals surface area contributed by atoms with Crippen LogP contribution in [0.3, 0.4) is 0 Å². The molecule has 2 aliphatic rings. The number of hydrogen-bond donors (Lipinski definition) is 4. The summed E-state index contributed by atoms with van der Waals surface area (Å²) in [4.78, 5) is 90.7. The van der Waals surface area contributed by atoms with E-state index in [2.05, 4.69) is 20.6 Å².